The summed E-state index contributed by atoms with van der Waals surface area (Å²) in [4.78, 5) is 39.8. The van der Waals surface area contributed by atoms with E-state index in [9.17, 15) is 19.5 Å². The second-order valence-corrected chi connectivity index (χ2v) is 12.0. The molecule has 0 unspecified atom stereocenters. The molecule has 8 nitrogen and oxygen atoms in total. The van der Waals surface area contributed by atoms with Gasteiger partial charge in [0.1, 0.15) is 30.2 Å². The van der Waals surface area contributed by atoms with Crippen molar-refractivity contribution in [2.24, 2.45) is 5.92 Å². The molecule has 210 valence electrons. The van der Waals surface area contributed by atoms with Crippen LogP contribution in [0.15, 0.2) is 54.6 Å². The summed E-state index contributed by atoms with van der Waals surface area (Å²) in [6, 6.07) is 15.6. The fraction of sp³-hybridized carbons (Fsp3) is 0.483. The van der Waals surface area contributed by atoms with Crippen molar-refractivity contribution in [3.8, 4) is 11.5 Å². The number of carbonyl (C=O) groups excluding carboxylic acids is 3. The maximum atomic E-state index is 13.2. The molecule has 3 N–H and O–H groups in total. The summed E-state index contributed by atoms with van der Waals surface area (Å²) in [5.41, 5.74) is 0.913. The zero-order valence-electron chi connectivity index (χ0n) is 22.1. The summed E-state index contributed by atoms with van der Waals surface area (Å²) >= 11 is 3.16. The zero-order valence-corrected chi connectivity index (χ0v) is 23.7. The van der Waals surface area contributed by atoms with Gasteiger partial charge in [-0.25, -0.2) is 0 Å². The number of para-hydroxylation sites is 1. The first-order chi connectivity index (χ1) is 19.0. The molecule has 0 spiro atoms. The third kappa shape index (κ3) is 8.91. The molecular weight excluding hydrogens is 534 g/mol. The van der Waals surface area contributed by atoms with E-state index < -0.39 is 24.6 Å². The molecule has 0 radical (unpaired) electrons. The fourth-order valence-electron chi connectivity index (χ4n) is 4.77. The zero-order chi connectivity index (χ0) is 27.5. The minimum Gasteiger partial charge on any atom is -0.457 e. The van der Waals surface area contributed by atoms with E-state index in [0.29, 0.717) is 35.6 Å². The largest absolute Gasteiger partial charge is 0.457 e. The lowest BCUT2D eigenvalue weighted by Gasteiger charge is -2.26. The molecule has 3 amide bonds. The molecule has 1 aliphatic carbocycles. The van der Waals surface area contributed by atoms with Gasteiger partial charge in [0.15, 0.2) is 0 Å². The smallest absolute Gasteiger partial charge is 0.249 e. The average molecular weight is 572 g/mol. The Hall–Kier alpha value is -2.69. The van der Waals surface area contributed by atoms with Crippen LogP contribution in [0.5, 0.6) is 11.5 Å². The Labute approximate surface area is 238 Å². The van der Waals surface area contributed by atoms with Gasteiger partial charge in [-0.3, -0.25) is 14.4 Å². The van der Waals surface area contributed by atoms with Crippen molar-refractivity contribution >= 4 is 41.2 Å². The molecule has 1 heterocycles. The molecule has 0 aromatic heterocycles. The van der Waals surface area contributed by atoms with E-state index in [0.717, 1.165) is 17.1 Å². The van der Waals surface area contributed by atoms with Crippen LogP contribution in [0.25, 0.3) is 0 Å². The Morgan fingerprint density at radius 1 is 1.03 bits per heavy atom. The Morgan fingerprint density at radius 3 is 2.46 bits per heavy atom. The molecule has 1 aliphatic heterocycles. The first-order valence-corrected chi connectivity index (χ1v) is 15.8. The minimum absolute atomic E-state index is 0.255. The van der Waals surface area contributed by atoms with Crippen LogP contribution in [0, 0.1) is 5.92 Å². The molecule has 2 atom stereocenters. The number of thioether (sulfide) groups is 2. The van der Waals surface area contributed by atoms with Crippen LogP contribution < -0.4 is 15.4 Å². The van der Waals surface area contributed by atoms with E-state index in [1.165, 1.54) is 48.8 Å². The molecule has 2 fully saturated rings. The van der Waals surface area contributed by atoms with Crippen molar-refractivity contribution in [1.29, 1.82) is 0 Å². The predicted octanol–water partition coefficient (Wildman–Crippen LogP) is 3.79. The van der Waals surface area contributed by atoms with Gasteiger partial charge in [0.25, 0.3) is 0 Å². The highest BCUT2D eigenvalue weighted by Gasteiger charge is 2.36. The maximum Gasteiger partial charge on any atom is 0.249 e. The normalized spacial score (nSPS) is 18.4. The second-order valence-electron chi connectivity index (χ2n) is 9.92. The summed E-state index contributed by atoms with van der Waals surface area (Å²) in [6.07, 6.45) is 6.25. The topological polar surface area (TPSA) is 108 Å². The third-order valence-electron chi connectivity index (χ3n) is 7.01. The lowest BCUT2D eigenvalue weighted by atomic mass is 9.91. The van der Waals surface area contributed by atoms with Gasteiger partial charge in [-0.2, -0.15) is 11.8 Å². The van der Waals surface area contributed by atoms with Crippen LogP contribution >= 0.6 is 23.5 Å². The van der Waals surface area contributed by atoms with Crippen molar-refractivity contribution in [2.75, 3.05) is 29.7 Å². The predicted molar refractivity (Wildman–Crippen MR) is 156 cm³/mol. The summed E-state index contributed by atoms with van der Waals surface area (Å²) < 4.78 is 5.83. The highest BCUT2D eigenvalue weighted by molar-refractivity contribution is 7.99. The molecule has 0 bridgehead atoms. The first kappa shape index (κ1) is 29.3. The molecular formula is C29H37N3O5S2. The van der Waals surface area contributed by atoms with Crippen LogP contribution in [0.1, 0.15) is 37.7 Å². The van der Waals surface area contributed by atoms with Gasteiger partial charge in [0.05, 0.1) is 5.88 Å². The van der Waals surface area contributed by atoms with Crippen LogP contribution in [-0.2, 0) is 20.9 Å². The minimum atomic E-state index is -0.719. The summed E-state index contributed by atoms with van der Waals surface area (Å²) in [5.74, 6) is 3.25. The molecule has 2 aromatic carbocycles. The summed E-state index contributed by atoms with van der Waals surface area (Å²) in [5, 5.41) is 15.1. The van der Waals surface area contributed by atoms with E-state index in [1.807, 2.05) is 54.6 Å². The van der Waals surface area contributed by atoms with E-state index in [2.05, 4.69) is 10.6 Å². The van der Waals surface area contributed by atoms with Crippen molar-refractivity contribution < 1.29 is 24.2 Å². The molecule has 2 aromatic rings. The van der Waals surface area contributed by atoms with E-state index >= 15 is 0 Å². The number of carbonyl (C=O) groups is 3. The fourth-order valence-corrected chi connectivity index (χ4v) is 7.22. The Bertz CT molecular complexity index is 1080. The van der Waals surface area contributed by atoms with Gasteiger partial charge < -0.3 is 25.4 Å². The van der Waals surface area contributed by atoms with Crippen LogP contribution in [0.2, 0.25) is 0 Å². The SMILES string of the molecule is O=C(NCc1ccc(Oc2ccccc2)cc1)[C@H](CSCC1CCCCC1)NC(=O)[C@@H]1CSCN1C(=O)CO. The number of rotatable bonds is 12. The summed E-state index contributed by atoms with van der Waals surface area (Å²) in [7, 11) is 0. The number of ether oxygens (including phenoxy) is 1. The number of benzene rings is 2. The van der Waals surface area contributed by atoms with Crippen molar-refractivity contribution in [3.63, 3.8) is 0 Å². The quantitative estimate of drug-likeness (QED) is 0.356. The maximum absolute atomic E-state index is 13.2. The lowest BCUT2D eigenvalue weighted by Crippen LogP contribution is -2.55. The lowest BCUT2D eigenvalue weighted by molar-refractivity contribution is -0.140. The third-order valence-corrected chi connectivity index (χ3v) is 9.29. The van der Waals surface area contributed by atoms with Gasteiger partial charge >= 0.3 is 0 Å². The molecule has 39 heavy (non-hydrogen) atoms. The number of amides is 3. The number of aliphatic hydroxyl groups is 1. The molecule has 4 rings (SSSR count). The van der Waals surface area contributed by atoms with E-state index in [4.69, 9.17) is 4.74 Å². The van der Waals surface area contributed by atoms with Gasteiger partial charge in [-0.15, -0.1) is 11.8 Å². The standard InChI is InChI=1S/C29H37N3O5S2/c33-16-27(34)32-20-39-19-26(32)29(36)31-25(18-38-17-22-7-3-1-4-8-22)28(35)30-15-21-11-13-24(14-12-21)37-23-9-5-2-6-10-23/h2,5-6,9-14,22,25-26,33H,1,3-4,7-8,15-20H2,(H,30,35)(H,31,36)/t25-,26-/m0/s1. The monoisotopic (exact) mass is 571 g/mol. The van der Waals surface area contributed by atoms with Crippen LogP contribution in [0.3, 0.4) is 0 Å². The van der Waals surface area contributed by atoms with Crippen molar-refractivity contribution in [3.05, 3.63) is 60.2 Å². The highest BCUT2D eigenvalue weighted by atomic mass is 32.2. The van der Waals surface area contributed by atoms with Gasteiger partial charge in [-0.05, 0) is 54.3 Å². The van der Waals surface area contributed by atoms with Crippen molar-refractivity contribution in [1.82, 2.24) is 15.5 Å². The average Bonchev–Trinajstić information content (AvgIpc) is 3.47. The van der Waals surface area contributed by atoms with Crippen LogP contribution in [0.4, 0.5) is 0 Å². The highest BCUT2D eigenvalue weighted by Crippen LogP contribution is 2.27. The number of hydrogen-bond donors (Lipinski definition) is 3. The van der Waals surface area contributed by atoms with Crippen molar-refractivity contribution in [2.45, 2.75) is 50.7 Å². The molecule has 2 aliphatic rings. The second kappa shape index (κ2) is 15.2. The number of hydrogen-bond acceptors (Lipinski definition) is 7. The Balaban J connectivity index is 1.33. The summed E-state index contributed by atoms with van der Waals surface area (Å²) in [6.45, 7) is -0.320. The number of aliphatic hydroxyl groups excluding tert-OH is 1. The molecule has 1 saturated heterocycles. The van der Waals surface area contributed by atoms with Gasteiger partial charge in [-0.1, -0.05) is 49.6 Å². The Morgan fingerprint density at radius 2 is 1.74 bits per heavy atom. The van der Waals surface area contributed by atoms with Gasteiger partial charge in [0.2, 0.25) is 17.7 Å². The van der Waals surface area contributed by atoms with E-state index in [-0.39, 0.29) is 11.8 Å². The number of nitrogens with zero attached hydrogens (tertiary/aromatic N) is 1. The molecule has 1 saturated carbocycles. The van der Waals surface area contributed by atoms with Gasteiger partial charge in [0, 0.05) is 18.1 Å². The number of nitrogens with one attached hydrogen (secondary N) is 2. The van der Waals surface area contributed by atoms with E-state index in [1.54, 1.807) is 11.8 Å². The molecule has 10 heteroatoms. The Kier molecular flexibility index (Phi) is 11.4. The van der Waals surface area contributed by atoms with Crippen LogP contribution in [-0.4, -0.2) is 69.6 Å². The first-order valence-electron chi connectivity index (χ1n) is 13.5.